The summed E-state index contributed by atoms with van der Waals surface area (Å²) >= 11 is 1.71. The summed E-state index contributed by atoms with van der Waals surface area (Å²) in [6.07, 6.45) is 3.87. The lowest BCUT2D eigenvalue weighted by molar-refractivity contribution is 0.122. The second-order valence-electron chi connectivity index (χ2n) is 8.78. The number of hydrogen-bond acceptors (Lipinski definition) is 9. The maximum Gasteiger partial charge on any atom is 0.228 e. The van der Waals surface area contributed by atoms with E-state index in [1.54, 1.807) is 18.1 Å². The molecule has 0 saturated carbocycles. The van der Waals surface area contributed by atoms with Crippen LogP contribution in [0.4, 0.5) is 11.8 Å². The van der Waals surface area contributed by atoms with Gasteiger partial charge in [0.25, 0.3) is 0 Å². The predicted molar refractivity (Wildman–Crippen MR) is 133 cm³/mol. The molecule has 0 atom stereocenters. The summed E-state index contributed by atoms with van der Waals surface area (Å²) in [6, 6.07) is 11.1. The lowest BCUT2D eigenvalue weighted by Gasteiger charge is -2.36. The number of anilines is 2. The first kappa shape index (κ1) is 22.3. The van der Waals surface area contributed by atoms with Gasteiger partial charge in [0.05, 0.1) is 13.2 Å². The van der Waals surface area contributed by atoms with Gasteiger partial charge in [0.1, 0.15) is 22.4 Å². The molecule has 3 aromatic rings. The number of ether oxygens (including phenoxy) is 1. The van der Waals surface area contributed by atoms with Crippen molar-refractivity contribution < 1.29 is 4.74 Å². The van der Waals surface area contributed by atoms with Gasteiger partial charge in [-0.2, -0.15) is 4.98 Å². The summed E-state index contributed by atoms with van der Waals surface area (Å²) in [5, 5.41) is 0.908. The van der Waals surface area contributed by atoms with Gasteiger partial charge in [0, 0.05) is 38.0 Å². The van der Waals surface area contributed by atoms with E-state index in [1.165, 1.54) is 5.56 Å². The van der Waals surface area contributed by atoms with Gasteiger partial charge < -0.3 is 19.4 Å². The SMILES string of the molecule is CN(C)C1CCN(c2nc(N3CCOCC3)c3ncnc(SCc4ccccc4)c3n2)CC1. The lowest BCUT2D eigenvalue weighted by atomic mass is 10.0. The molecule has 8 nitrogen and oxygen atoms in total. The molecule has 174 valence electrons. The van der Waals surface area contributed by atoms with Crippen LogP contribution in [0.25, 0.3) is 11.0 Å². The van der Waals surface area contributed by atoms with Crippen LogP contribution >= 0.6 is 11.8 Å². The number of thioether (sulfide) groups is 1. The number of morpholine rings is 1. The maximum atomic E-state index is 5.59. The Balaban J connectivity index is 1.50. The van der Waals surface area contributed by atoms with Crippen LogP contribution in [0.15, 0.2) is 41.7 Å². The van der Waals surface area contributed by atoms with Gasteiger partial charge in [-0.25, -0.2) is 15.0 Å². The number of fused-ring (bicyclic) bond motifs is 1. The van der Waals surface area contributed by atoms with Crippen LogP contribution in [0, 0.1) is 0 Å². The Kier molecular flexibility index (Phi) is 6.89. The molecule has 0 bridgehead atoms. The van der Waals surface area contributed by atoms with E-state index in [9.17, 15) is 0 Å². The standard InChI is InChI=1S/C24H31N7OS/c1-29(2)19-8-10-31(11-9-19)24-27-21-20(22(28-24)30-12-14-32-15-13-30)25-17-26-23(21)33-16-18-6-4-3-5-7-18/h3-7,17,19H,8-16H2,1-2H3. The van der Waals surface area contributed by atoms with Crippen molar-refractivity contribution in [3.63, 3.8) is 0 Å². The highest BCUT2D eigenvalue weighted by atomic mass is 32.2. The quantitative estimate of drug-likeness (QED) is 0.403. The van der Waals surface area contributed by atoms with E-state index in [-0.39, 0.29) is 0 Å². The van der Waals surface area contributed by atoms with Gasteiger partial charge in [-0.1, -0.05) is 42.1 Å². The molecule has 5 rings (SSSR count). The molecule has 0 radical (unpaired) electrons. The average molecular weight is 466 g/mol. The van der Waals surface area contributed by atoms with Crippen LogP contribution < -0.4 is 9.80 Å². The molecular formula is C24H31N7OS. The van der Waals surface area contributed by atoms with E-state index in [2.05, 4.69) is 63.0 Å². The zero-order valence-electron chi connectivity index (χ0n) is 19.4. The highest BCUT2D eigenvalue weighted by Crippen LogP contribution is 2.33. The van der Waals surface area contributed by atoms with Gasteiger partial charge in [-0.3, -0.25) is 0 Å². The van der Waals surface area contributed by atoms with Crippen LogP contribution in [0.2, 0.25) is 0 Å². The van der Waals surface area contributed by atoms with Crippen molar-refractivity contribution in [2.45, 2.75) is 29.7 Å². The van der Waals surface area contributed by atoms with Gasteiger partial charge in [-0.15, -0.1) is 0 Å². The number of rotatable bonds is 6. The molecule has 2 saturated heterocycles. The van der Waals surface area contributed by atoms with E-state index < -0.39 is 0 Å². The summed E-state index contributed by atoms with van der Waals surface area (Å²) in [6.45, 7) is 4.94. The second-order valence-corrected chi connectivity index (χ2v) is 9.74. The number of benzene rings is 1. The molecule has 4 heterocycles. The summed E-state index contributed by atoms with van der Waals surface area (Å²) in [5.41, 5.74) is 2.94. The van der Waals surface area contributed by atoms with Crippen molar-refractivity contribution in [3.05, 3.63) is 42.2 Å². The molecule has 2 fully saturated rings. The Morgan fingerprint density at radius 3 is 2.42 bits per heavy atom. The minimum absolute atomic E-state index is 0.612. The van der Waals surface area contributed by atoms with Crippen LogP contribution in [0.3, 0.4) is 0 Å². The Hall–Kier alpha value is -2.49. The van der Waals surface area contributed by atoms with E-state index in [1.807, 2.05) is 6.07 Å². The summed E-state index contributed by atoms with van der Waals surface area (Å²) in [4.78, 5) is 26.3. The third-order valence-corrected chi connectivity index (χ3v) is 7.47. The van der Waals surface area contributed by atoms with E-state index in [4.69, 9.17) is 14.7 Å². The number of hydrogen-bond donors (Lipinski definition) is 0. The molecule has 0 N–H and O–H groups in total. The first-order valence-corrected chi connectivity index (χ1v) is 12.6. The zero-order valence-corrected chi connectivity index (χ0v) is 20.2. The van der Waals surface area contributed by atoms with Crippen molar-refractivity contribution in [2.75, 3.05) is 63.3 Å². The number of aromatic nitrogens is 4. The van der Waals surface area contributed by atoms with Crippen LogP contribution in [0.5, 0.6) is 0 Å². The molecule has 33 heavy (non-hydrogen) atoms. The monoisotopic (exact) mass is 465 g/mol. The topological polar surface area (TPSA) is 70.5 Å². The van der Waals surface area contributed by atoms with Crippen LogP contribution in [-0.4, -0.2) is 84.4 Å². The summed E-state index contributed by atoms with van der Waals surface area (Å²) < 4.78 is 5.59. The van der Waals surface area contributed by atoms with E-state index >= 15 is 0 Å². The lowest BCUT2D eigenvalue weighted by Crippen LogP contribution is -2.43. The molecule has 2 aromatic heterocycles. The Bertz CT molecular complexity index is 1070. The van der Waals surface area contributed by atoms with E-state index in [0.29, 0.717) is 19.3 Å². The van der Waals surface area contributed by atoms with Gasteiger partial charge in [-0.05, 0) is 32.5 Å². The molecule has 9 heteroatoms. The average Bonchev–Trinajstić information content (AvgIpc) is 2.88. The molecule has 0 aliphatic carbocycles. The fourth-order valence-electron chi connectivity index (χ4n) is 4.45. The van der Waals surface area contributed by atoms with Crippen molar-refractivity contribution in [1.82, 2.24) is 24.8 Å². The smallest absolute Gasteiger partial charge is 0.228 e. The molecule has 1 aromatic carbocycles. The van der Waals surface area contributed by atoms with Crippen molar-refractivity contribution in [2.24, 2.45) is 0 Å². The first-order chi connectivity index (χ1) is 16.2. The number of piperidine rings is 1. The zero-order chi connectivity index (χ0) is 22.6. The third-order valence-electron chi connectivity index (χ3n) is 6.42. The van der Waals surface area contributed by atoms with E-state index in [0.717, 1.165) is 72.6 Å². The Labute approximate surface area is 199 Å². The largest absolute Gasteiger partial charge is 0.378 e. The highest BCUT2D eigenvalue weighted by molar-refractivity contribution is 7.98. The first-order valence-electron chi connectivity index (χ1n) is 11.6. The molecule has 2 aliphatic rings. The van der Waals surface area contributed by atoms with Crippen molar-refractivity contribution in [3.8, 4) is 0 Å². The maximum absolute atomic E-state index is 5.59. The van der Waals surface area contributed by atoms with Gasteiger partial charge in [0.2, 0.25) is 5.95 Å². The molecule has 0 spiro atoms. The molecule has 0 unspecified atom stereocenters. The number of nitrogens with zero attached hydrogens (tertiary/aromatic N) is 7. The minimum Gasteiger partial charge on any atom is -0.378 e. The van der Waals surface area contributed by atoms with Gasteiger partial charge >= 0.3 is 0 Å². The minimum atomic E-state index is 0.612. The normalized spacial score (nSPS) is 17.8. The summed E-state index contributed by atoms with van der Waals surface area (Å²) in [5.74, 6) is 2.53. The fraction of sp³-hybridized carbons (Fsp3) is 0.500. The van der Waals surface area contributed by atoms with Crippen LogP contribution in [-0.2, 0) is 10.5 Å². The highest BCUT2D eigenvalue weighted by Gasteiger charge is 2.26. The second kappa shape index (κ2) is 10.2. The van der Waals surface area contributed by atoms with Gasteiger partial charge in [0.15, 0.2) is 5.82 Å². The molecular weight excluding hydrogens is 434 g/mol. The molecule has 2 aliphatic heterocycles. The van der Waals surface area contributed by atoms with Crippen molar-refractivity contribution >= 4 is 34.6 Å². The van der Waals surface area contributed by atoms with Crippen molar-refractivity contribution in [1.29, 1.82) is 0 Å². The Morgan fingerprint density at radius 2 is 1.70 bits per heavy atom. The summed E-state index contributed by atoms with van der Waals surface area (Å²) in [7, 11) is 4.33. The third kappa shape index (κ3) is 5.05. The molecule has 0 amide bonds. The Morgan fingerprint density at radius 1 is 0.939 bits per heavy atom. The fourth-order valence-corrected chi connectivity index (χ4v) is 5.35. The van der Waals surface area contributed by atoms with Crippen LogP contribution in [0.1, 0.15) is 18.4 Å². The predicted octanol–water partition coefficient (Wildman–Crippen LogP) is 3.08.